The van der Waals surface area contributed by atoms with Crippen molar-refractivity contribution in [2.45, 2.75) is 6.92 Å². The molecule has 0 aromatic carbocycles. The summed E-state index contributed by atoms with van der Waals surface area (Å²) in [7, 11) is 0. The Hall–Kier alpha value is -1.03. The van der Waals surface area contributed by atoms with Crippen LogP contribution >= 0.6 is 11.3 Å². The van der Waals surface area contributed by atoms with Gasteiger partial charge in [0.15, 0.2) is 0 Å². The van der Waals surface area contributed by atoms with Gasteiger partial charge in [-0.3, -0.25) is 9.90 Å². The fraction of sp³-hybridized carbons (Fsp3) is 0.286. The van der Waals surface area contributed by atoms with Gasteiger partial charge in [0.1, 0.15) is 0 Å². The van der Waals surface area contributed by atoms with Crippen LogP contribution in [0.4, 0.5) is 0 Å². The Morgan fingerprint density at radius 1 is 1.73 bits per heavy atom. The monoisotopic (exact) mass is 170 g/mol. The second kappa shape index (κ2) is 3.39. The predicted octanol–water partition coefficient (Wildman–Crippen LogP) is 1.64. The Bertz CT molecular complexity index is 257. The Kier molecular flexibility index (Phi) is 2.48. The smallest absolute Gasteiger partial charge is 0.256 e. The van der Waals surface area contributed by atoms with Crippen LogP contribution in [0.2, 0.25) is 0 Å². The van der Waals surface area contributed by atoms with E-state index in [0.29, 0.717) is 6.54 Å². The van der Waals surface area contributed by atoms with Gasteiger partial charge in [0.2, 0.25) is 5.06 Å². The Labute approximate surface area is 68.7 Å². The van der Waals surface area contributed by atoms with Crippen LogP contribution in [0.25, 0.3) is 0 Å². The number of carbonyl (C=O) groups is 1. The fourth-order valence-electron chi connectivity index (χ4n) is 0.720. The molecule has 1 rings (SSSR count). The molecular formula is C7H8NO2S. The van der Waals surface area contributed by atoms with Gasteiger partial charge in [-0.2, -0.15) is 0 Å². The summed E-state index contributed by atoms with van der Waals surface area (Å²) in [5, 5.41) is 14.9. The molecular weight excluding hydrogens is 162 g/mol. The molecule has 1 heterocycles. The third-order valence-corrected chi connectivity index (χ3v) is 1.92. The molecule has 11 heavy (non-hydrogen) atoms. The maximum atomic E-state index is 11.0. The lowest BCUT2D eigenvalue weighted by molar-refractivity contribution is 0.0952. The van der Waals surface area contributed by atoms with Crippen LogP contribution in [-0.2, 0) is 5.11 Å². The maximum absolute atomic E-state index is 11.0. The lowest BCUT2D eigenvalue weighted by atomic mass is 10.3. The second-order valence-electron chi connectivity index (χ2n) is 1.98. The summed E-state index contributed by atoms with van der Waals surface area (Å²) in [6.45, 7) is 2.36. The number of hydrogen-bond acceptors (Lipinski definition) is 2. The molecule has 0 spiro atoms. The van der Waals surface area contributed by atoms with E-state index in [4.69, 9.17) is 0 Å². The van der Waals surface area contributed by atoms with Gasteiger partial charge in [-0.1, -0.05) is 0 Å². The molecule has 59 valence electrons. The summed E-state index contributed by atoms with van der Waals surface area (Å²) in [5.41, 5.74) is 0.247. The highest BCUT2D eigenvalue weighted by Crippen LogP contribution is 2.24. The van der Waals surface area contributed by atoms with Crippen molar-refractivity contribution in [1.29, 1.82) is 0 Å². The topological polar surface area (TPSA) is 49.0 Å². The SMILES string of the molecule is CCNC(=O)c1ccsc1[O]. The van der Waals surface area contributed by atoms with Gasteiger partial charge in [-0.05, 0) is 18.4 Å². The molecule has 0 atom stereocenters. The summed E-state index contributed by atoms with van der Waals surface area (Å²) < 4.78 is 0. The molecule has 0 aliphatic rings. The van der Waals surface area contributed by atoms with Crippen LogP contribution in [-0.4, -0.2) is 12.5 Å². The standard InChI is InChI=1S/C7H8NO2S/c1-2-8-6(9)5-3-4-11-7(5)10/h3-4H,2H2,1H3,(H,8,9). The van der Waals surface area contributed by atoms with Gasteiger partial charge in [-0.15, -0.1) is 11.3 Å². The zero-order valence-corrected chi connectivity index (χ0v) is 6.90. The Balaban J connectivity index is 2.76. The molecule has 0 aliphatic carbocycles. The minimum absolute atomic E-state index is 0.170. The lowest BCUT2D eigenvalue weighted by Crippen LogP contribution is -2.21. The van der Waals surface area contributed by atoms with Crippen molar-refractivity contribution < 1.29 is 9.90 Å². The predicted molar refractivity (Wildman–Crippen MR) is 42.5 cm³/mol. The minimum atomic E-state index is -0.279. The summed E-state index contributed by atoms with van der Waals surface area (Å²) in [6.07, 6.45) is 0. The Morgan fingerprint density at radius 2 is 2.45 bits per heavy atom. The quantitative estimate of drug-likeness (QED) is 0.720. The molecule has 4 heteroatoms. The molecule has 0 unspecified atom stereocenters. The summed E-state index contributed by atoms with van der Waals surface area (Å²) in [4.78, 5) is 11.0. The highest BCUT2D eigenvalue weighted by molar-refractivity contribution is 7.12. The van der Waals surface area contributed by atoms with E-state index >= 15 is 0 Å². The van der Waals surface area contributed by atoms with Gasteiger partial charge < -0.3 is 5.32 Å². The van der Waals surface area contributed by atoms with E-state index in [9.17, 15) is 9.90 Å². The van der Waals surface area contributed by atoms with E-state index in [1.807, 2.05) is 6.92 Å². The van der Waals surface area contributed by atoms with Gasteiger partial charge in [0, 0.05) is 6.54 Å². The third kappa shape index (κ3) is 1.71. The van der Waals surface area contributed by atoms with E-state index in [0.717, 1.165) is 11.3 Å². The molecule has 0 fully saturated rings. The highest BCUT2D eigenvalue weighted by Gasteiger charge is 2.11. The first-order valence-electron chi connectivity index (χ1n) is 3.28. The van der Waals surface area contributed by atoms with Crippen LogP contribution in [0.5, 0.6) is 5.06 Å². The van der Waals surface area contributed by atoms with E-state index in [1.54, 1.807) is 5.38 Å². The van der Waals surface area contributed by atoms with Crippen LogP contribution in [0.15, 0.2) is 11.4 Å². The van der Waals surface area contributed by atoms with Crippen molar-refractivity contribution >= 4 is 17.2 Å². The molecule has 0 aliphatic heterocycles. The normalized spacial score (nSPS) is 9.55. The lowest BCUT2D eigenvalue weighted by Gasteiger charge is -1.96. The fourth-order valence-corrected chi connectivity index (χ4v) is 1.33. The molecule has 3 nitrogen and oxygen atoms in total. The highest BCUT2D eigenvalue weighted by atomic mass is 32.1. The zero-order valence-electron chi connectivity index (χ0n) is 6.09. The van der Waals surface area contributed by atoms with E-state index in [2.05, 4.69) is 5.32 Å². The minimum Gasteiger partial charge on any atom is -0.352 e. The molecule has 1 aromatic rings. The van der Waals surface area contributed by atoms with Crippen molar-refractivity contribution in [2.75, 3.05) is 6.54 Å². The number of rotatable bonds is 2. The van der Waals surface area contributed by atoms with Crippen LogP contribution in [0.3, 0.4) is 0 Å². The molecule has 1 amide bonds. The summed E-state index contributed by atoms with van der Waals surface area (Å²) >= 11 is 1.04. The summed E-state index contributed by atoms with van der Waals surface area (Å²) in [6, 6.07) is 1.54. The van der Waals surface area contributed by atoms with E-state index in [-0.39, 0.29) is 16.5 Å². The molecule has 1 radical (unpaired) electrons. The average molecular weight is 170 g/mol. The number of carbonyl (C=O) groups excluding carboxylic acids is 1. The Morgan fingerprint density at radius 3 is 2.91 bits per heavy atom. The first kappa shape index (κ1) is 8.07. The van der Waals surface area contributed by atoms with Gasteiger partial charge in [-0.25, -0.2) is 0 Å². The molecule has 0 saturated carbocycles. The van der Waals surface area contributed by atoms with Gasteiger partial charge in [0.05, 0.1) is 5.56 Å². The number of hydrogen-bond donors (Lipinski definition) is 1. The van der Waals surface area contributed by atoms with Crippen molar-refractivity contribution in [2.24, 2.45) is 0 Å². The van der Waals surface area contributed by atoms with Crippen molar-refractivity contribution in [3.63, 3.8) is 0 Å². The van der Waals surface area contributed by atoms with Crippen LogP contribution in [0, 0.1) is 0 Å². The van der Waals surface area contributed by atoms with Crippen LogP contribution < -0.4 is 5.32 Å². The zero-order chi connectivity index (χ0) is 8.27. The van der Waals surface area contributed by atoms with Crippen LogP contribution in [0.1, 0.15) is 17.3 Å². The van der Waals surface area contributed by atoms with Crippen molar-refractivity contribution in [1.82, 2.24) is 5.32 Å². The molecule has 1 aromatic heterocycles. The average Bonchev–Trinajstić information content (AvgIpc) is 2.36. The molecule has 0 saturated heterocycles. The van der Waals surface area contributed by atoms with Crippen molar-refractivity contribution in [3.8, 4) is 5.06 Å². The summed E-state index contributed by atoms with van der Waals surface area (Å²) in [5.74, 6) is -0.279. The molecule has 0 bridgehead atoms. The largest absolute Gasteiger partial charge is 0.352 e. The van der Waals surface area contributed by atoms with E-state index < -0.39 is 0 Å². The number of amides is 1. The first-order valence-corrected chi connectivity index (χ1v) is 4.16. The molecule has 1 N–H and O–H groups in total. The number of thiophene rings is 1. The van der Waals surface area contributed by atoms with Crippen molar-refractivity contribution in [3.05, 3.63) is 17.0 Å². The first-order chi connectivity index (χ1) is 5.25. The van der Waals surface area contributed by atoms with Gasteiger partial charge >= 0.3 is 0 Å². The maximum Gasteiger partial charge on any atom is 0.256 e. The third-order valence-electron chi connectivity index (χ3n) is 1.21. The second-order valence-corrected chi connectivity index (χ2v) is 2.86. The van der Waals surface area contributed by atoms with Gasteiger partial charge in [0.25, 0.3) is 5.91 Å². The van der Waals surface area contributed by atoms with E-state index in [1.165, 1.54) is 6.07 Å². The number of nitrogens with one attached hydrogen (secondary N) is 1.